The molecule has 0 aromatic heterocycles. The van der Waals surface area contributed by atoms with Crippen LogP contribution in [0.2, 0.25) is 0 Å². The monoisotopic (exact) mass is 468 g/mol. The molecule has 0 saturated heterocycles. The van der Waals surface area contributed by atoms with Gasteiger partial charge in [0.2, 0.25) is 0 Å². The molecule has 0 fully saturated rings. The first-order valence-electron chi connectivity index (χ1n) is 10.2. The Kier molecular flexibility index (Phi) is 8.00. The molecule has 33 heavy (non-hydrogen) atoms. The number of methoxy groups -OCH3 is 1. The maximum Gasteiger partial charge on any atom is 0.422 e. The van der Waals surface area contributed by atoms with Crippen LogP contribution in [0.3, 0.4) is 0 Å². The molecule has 0 radical (unpaired) electrons. The number of carbonyl (C=O) groups is 2. The van der Waals surface area contributed by atoms with E-state index in [0.717, 1.165) is 16.7 Å². The summed E-state index contributed by atoms with van der Waals surface area (Å²) in [6.07, 6.45) is -3.93. The Morgan fingerprint density at radius 3 is 2.15 bits per heavy atom. The summed E-state index contributed by atoms with van der Waals surface area (Å²) in [5.74, 6) is -0.760. The van der Waals surface area contributed by atoms with Crippen molar-refractivity contribution in [1.82, 2.24) is 0 Å². The molecule has 2 rings (SSSR count). The second-order valence-electron chi connectivity index (χ2n) is 8.17. The van der Waals surface area contributed by atoms with Gasteiger partial charge in [-0.2, -0.15) is 13.2 Å². The molecule has 9 heteroatoms. The van der Waals surface area contributed by atoms with E-state index < -0.39 is 24.4 Å². The minimum absolute atomic E-state index is 0.0492. The first-order chi connectivity index (χ1) is 15.2. The highest BCUT2D eigenvalue weighted by molar-refractivity contribution is 5.99. The molecule has 0 spiro atoms. The molecular formula is C24H27F3O6. The lowest BCUT2D eigenvalue weighted by atomic mass is 9.98. The Labute approximate surface area is 190 Å². The fourth-order valence-corrected chi connectivity index (χ4v) is 3.19. The van der Waals surface area contributed by atoms with Crippen LogP contribution in [0.15, 0.2) is 30.3 Å². The van der Waals surface area contributed by atoms with Gasteiger partial charge in [0.15, 0.2) is 18.0 Å². The molecule has 2 aromatic carbocycles. The predicted molar refractivity (Wildman–Crippen MR) is 115 cm³/mol. The van der Waals surface area contributed by atoms with Gasteiger partial charge in [0.05, 0.1) is 12.7 Å². The lowest BCUT2D eigenvalue weighted by Crippen LogP contribution is -2.38. The van der Waals surface area contributed by atoms with Crippen molar-refractivity contribution >= 4 is 11.8 Å². The Hall–Kier alpha value is -3.23. The van der Waals surface area contributed by atoms with Gasteiger partial charge in [-0.3, -0.25) is 4.79 Å². The molecule has 0 aliphatic carbocycles. The van der Waals surface area contributed by atoms with Gasteiger partial charge < -0.3 is 19.3 Å². The van der Waals surface area contributed by atoms with E-state index in [1.54, 1.807) is 13.8 Å². The Balaban J connectivity index is 2.12. The number of carboxylic acid groups (broad SMARTS) is 1. The van der Waals surface area contributed by atoms with Crippen LogP contribution >= 0.6 is 0 Å². The van der Waals surface area contributed by atoms with E-state index in [4.69, 9.17) is 14.2 Å². The molecule has 0 atom stereocenters. The van der Waals surface area contributed by atoms with Crippen molar-refractivity contribution in [2.45, 2.75) is 52.3 Å². The van der Waals surface area contributed by atoms with Crippen LogP contribution in [0.5, 0.6) is 17.2 Å². The largest absolute Gasteiger partial charge is 0.496 e. The van der Waals surface area contributed by atoms with E-state index in [0.29, 0.717) is 12.2 Å². The van der Waals surface area contributed by atoms with E-state index in [9.17, 15) is 27.9 Å². The minimum Gasteiger partial charge on any atom is -0.496 e. The summed E-state index contributed by atoms with van der Waals surface area (Å²) >= 11 is 0. The van der Waals surface area contributed by atoms with Crippen LogP contribution in [0.4, 0.5) is 13.2 Å². The lowest BCUT2D eigenvalue weighted by molar-refractivity contribution is -0.153. The molecule has 6 nitrogen and oxygen atoms in total. The van der Waals surface area contributed by atoms with Crippen LogP contribution in [0.1, 0.15) is 47.3 Å². The number of carboxylic acids is 1. The Bertz CT molecular complexity index is 1000. The summed E-state index contributed by atoms with van der Waals surface area (Å²) < 4.78 is 52.6. The zero-order valence-electron chi connectivity index (χ0n) is 19.1. The normalized spacial score (nSPS) is 11.8. The number of hydrogen-bond acceptors (Lipinski definition) is 5. The second-order valence-corrected chi connectivity index (χ2v) is 8.17. The Morgan fingerprint density at radius 2 is 1.64 bits per heavy atom. The lowest BCUT2D eigenvalue weighted by Gasteiger charge is -2.24. The summed E-state index contributed by atoms with van der Waals surface area (Å²) in [6, 6.07) is 7.60. The first kappa shape index (κ1) is 26.0. The second kappa shape index (κ2) is 10.1. The van der Waals surface area contributed by atoms with Crippen molar-refractivity contribution in [3.05, 3.63) is 52.6 Å². The minimum atomic E-state index is -4.47. The average Bonchev–Trinajstić information content (AvgIpc) is 2.72. The van der Waals surface area contributed by atoms with Crippen molar-refractivity contribution in [2.24, 2.45) is 0 Å². The molecule has 0 unspecified atom stereocenters. The number of aryl methyl sites for hydroxylation is 3. The van der Waals surface area contributed by atoms with Gasteiger partial charge in [-0.1, -0.05) is 12.1 Å². The molecular weight excluding hydrogens is 441 g/mol. The average molecular weight is 468 g/mol. The fourth-order valence-electron chi connectivity index (χ4n) is 3.19. The van der Waals surface area contributed by atoms with E-state index >= 15 is 0 Å². The summed E-state index contributed by atoms with van der Waals surface area (Å²) in [5, 5.41) is 9.29. The van der Waals surface area contributed by atoms with Crippen molar-refractivity contribution in [1.29, 1.82) is 0 Å². The van der Waals surface area contributed by atoms with Gasteiger partial charge in [0, 0.05) is 12.5 Å². The van der Waals surface area contributed by atoms with Crippen LogP contribution in [-0.4, -0.2) is 42.4 Å². The third-order valence-electron chi connectivity index (χ3n) is 4.91. The van der Waals surface area contributed by atoms with E-state index in [1.165, 1.54) is 39.2 Å². The first-order valence-corrected chi connectivity index (χ1v) is 10.2. The van der Waals surface area contributed by atoms with Crippen molar-refractivity contribution in [2.75, 3.05) is 13.7 Å². The highest BCUT2D eigenvalue weighted by atomic mass is 19.4. The van der Waals surface area contributed by atoms with E-state index in [2.05, 4.69) is 0 Å². The SMILES string of the molecule is COc1cc(OCC(F)(F)F)ccc1C(=O)CCc1cc(C)c(OC(C)(C)C(=O)O)c(C)c1. The predicted octanol–water partition coefficient (Wildman–Crippen LogP) is 5.31. The van der Waals surface area contributed by atoms with Crippen molar-refractivity contribution in [3.8, 4) is 17.2 Å². The van der Waals surface area contributed by atoms with Gasteiger partial charge >= 0.3 is 12.1 Å². The van der Waals surface area contributed by atoms with Gasteiger partial charge in [-0.05, 0) is 62.9 Å². The molecule has 1 N–H and O–H groups in total. The van der Waals surface area contributed by atoms with Gasteiger partial charge in [-0.25, -0.2) is 4.79 Å². The molecule has 0 bridgehead atoms. The number of halogens is 3. The summed E-state index contributed by atoms with van der Waals surface area (Å²) in [6.45, 7) is 5.09. The number of benzene rings is 2. The topological polar surface area (TPSA) is 82.1 Å². The van der Waals surface area contributed by atoms with Gasteiger partial charge in [0.1, 0.15) is 17.2 Å². The van der Waals surface area contributed by atoms with Crippen LogP contribution < -0.4 is 14.2 Å². The number of alkyl halides is 3. The number of ketones is 1. The summed E-state index contributed by atoms with van der Waals surface area (Å²) in [7, 11) is 1.32. The number of hydrogen-bond donors (Lipinski definition) is 1. The number of carbonyl (C=O) groups excluding carboxylic acids is 1. The fraction of sp³-hybridized carbons (Fsp3) is 0.417. The zero-order chi connectivity index (χ0) is 25.0. The molecule has 2 aromatic rings. The Morgan fingerprint density at radius 1 is 1.03 bits per heavy atom. The molecule has 180 valence electrons. The highest BCUT2D eigenvalue weighted by Crippen LogP contribution is 2.30. The van der Waals surface area contributed by atoms with Crippen molar-refractivity contribution < 1.29 is 42.1 Å². The van der Waals surface area contributed by atoms with Gasteiger partial charge in [0.25, 0.3) is 0 Å². The molecule has 0 aliphatic rings. The van der Waals surface area contributed by atoms with Crippen LogP contribution in [-0.2, 0) is 11.2 Å². The number of aliphatic carboxylic acids is 1. The smallest absolute Gasteiger partial charge is 0.422 e. The van der Waals surface area contributed by atoms with E-state index in [-0.39, 0.29) is 29.3 Å². The van der Waals surface area contributed by atoms with Crippen LogP contribution in [0, 0.1) is 13.8 Å². The quantitative estimate of drug-likeness (QED) is 0.476. The maximum absolute atomic E-state index is 12.7. The number of rotatable bonds is 10. The van der Waals surface area contributed by atoms with E-state index in [1.807, 2.05) is 12.1 Å². The molecule has 0 saturated carbocycles. The molecule has 0 heterocycles. The third-order valence-corrected chi connectivity index (χ3v) is 4.91. The van der Waals surface area contributed by atoms with Gasteiger partial charge in [-0.15, -0.1) is 0 Å². The van der Waals surface area contributed by atoms with Crippen LogP contribution in [0.25, 0.3) is 0 Å². The third kappa shape index (κ3) is 7.13. The zero-order valence-corrected chi connectivity index (χ0v) is 19.1. The standard InChI is InChI=1S/C24H27F3O6/c1-14-10-16(11-15(2)21(14)33-23(3,4)22(29)30)6-9-19(28)18-8-7-17(12-20(18)31-5)32-13-24(25,26)27/h7-8,10-12H,6,9,13H2,1-5H3,(H,29,30). The maximum atomic E-state index is 12.7. The summed E-state index contributed by atoms with van der Waals surface area (Å²) in [4.78, 5) is 24.1. The van der Waals surface area contributed by atoms with Crippen molar-refractivity contribution in [3.63, 3.8) is 0 Å². The molecule has 0 amide bonds. The number of ether oxygens (including phenoxy) is 3. The molecule has 0 aliphatic heterocycles. The highest BCUT2D eigenvalue weighted by Gasteiger charge is 2.31. The summed E-state index contributed by atoms with van der Waals surface area (Å²) in [5.41, 5.74) is 1.21. The number of Topliss-reactive ketones (excluding diaryl/α,β-unsaturated/α-hetero) is 1.